The first-order valence-electron chi connectivity index (χ1n) is 32.1. The predicted molar refractivity (Wildman–Crippen MR) is 347 cm³/mol. The molecule has 14 nitrogen and oxygen atoms in total. The van der Waals surface area contributed by atoms with E-state index in [-0.39, 0.29) is 104 Å². The van der Waals surface area contributed by atoms with E-state index in [4.69, 9.17) is 18.9 Å². The third kappa shape index (κ3) is 16.8. The molecule has 0 unspecified atom stereocenters. The molecule has 4 fully saturated rings. The molecule has 0 radical (unpaired) electrons. The molecule has 0 saturated carbocycles. The number of hydrogen-bond acceptors (Lipinski definition) is 14. The average molecular weight is 1200 g/mol. The molecule has 2 aromatic carbocycles. The number of piperidine rings is 4. The highest BCUT2D eigenvalue weighted by Crippen LogP contribution is 2.46. The molecule has 0 amide bonds. The van der Waals surface area contributed by atoms with Gasteiger partial charge in [-0.1, -0.05) is 79.7 Å². The lowest BCUT2D eigenvalue weighted by Gasteiger charge is -2.53. The van der Waals surface area contributed by atoms with Gasteiger partial charge in [0.15, 0.2) is 10.8 Å². The monoisotopic (exact) mass is 1200 g/mol. The Morgan fingerprint density at radius 3 is 0.988 bits per heavy atom. The van der Waals surface area contributed by atoms with Crippen LogP contribution in [0.4, 0.5) is 0 Å². The predicted octanol–water partition coefficient (Wildman–Crippen LogP) is 13.8. The molecule has 0 aliphatic carbocycles. The summed E-state index contributed by atoms with van der Waals surface area (Å²) in [5.41, 5.74) is -0.788. The highest BCUT2D eigenvalue weighted by Gasteiger charge is 2.56. The summed E-state index contributed by atoms with van der Waals surface area (Å²) in [7, 11) is 4.23. The van der Waals surface area contributed by atoms with Crippen molar-refractivity contribution in [3.63, 3.8) is 0 Å². The van der Waals surface area contributed by atoms with Crippen LogP contribution < -0.4 is 10.6 Å². The minimum Gasteiger partial charge on any atom is -0.507 e. The molecule has 4 N–H and O–H groups in total. The van der Waals surface area contributed by atoms with Crippen molar-refractivity contribution in [3.8, 4) is 11.5 Å². The lowest BCUT2D eigenvalue weighted by molar-refractivity contribution is -0.188. The van der Waals surface area contributed by atoms with Crippen LogP contribution in [0.3, 0.4) is 0 Å². The van der Waals surface area contributed by atoms with Crippen LogP contribution in [0, 0.1) is 30.6 Å². The molecule has 488 valence electrons. The lowest BCUT2D eigenvalue weighted by atomic mass is 9.71. The van der Waals surface area contributed by atoms with E-state index in [0.29, 0.717) is 62.5 Å². The Labute approximate surface area is 521 Å². The van der Waals surface area contributed by atoms with E-state index in [0.717, 1.165) is 22.3 Å². The van der Waals surface area contributed by atoms with Crippen LogP contribution in [-0.2, 0) is 61.8 Å². The average Bonchev–Trinajstić information content (AvgIpc) is 1.39. The minimum absolute atomic E-state index is 0.119. The van der Waals surface area contributed by atoms with Gasteiger partial charge in [0.25, 0.3) is 0 Å². The maximum atomic E-state index is 14.6. The molecule has 0 spiro atoms. The molecule has 6 rings (SSSR count). The topological polar surface area (TPSA) is 176 Å². The number of nitrogens with one attached hydrogen (secondary N) is 2. The summed E-state index contributed by atoms with van der Waals surface area (Å²) in [6.45, 7) is 55.7. The number of nitrogens with zero attached hydrogens (tertiary/aromatic N) is 2. The summed E-state index contributed by atoms with van der Waals surface area (Å²) in [4.78, 5) is 62.4. The van der Waals surface area contributed by atoms with Crippen molar-refractivity contribution in [2.24, 2.45) is 16.7 Å². The van der Waals surface area contributed by atoms with Gasteiger partial charge < -0.3 is 39.8 Å². The minimum atomic E-state index is -1.56. The van der Waals surface area contributed by atoms with Crippen LogP contribution in [0.2, 0.25) is 0 Å². The normalized spacial score (nSPS) is 22.7. The van der Waals surface area contributed by atoms with Crippen LogP contribution in [0.25, 0.3) is 0 Å². The van der Waals surface area contributed by atoms with Crippen molar-refractivity contribution < 1.29 is 48.3 Å². The van der Waals surface area contributed by atoms with Crippen molar-refractivity contribution in [1.29, 1.82) is 0 Å². The van der Waals surface area contributed by atoms with Gasteiger partial charge in [-0.05, 0) is 209 Å². The fourth-order valence-corrected chi connectivity index (χ4v) is 15.3. The summed E-state index contributed by atoms with van der Waals surface area (Å²) in [5.74, 6) is -2.06. The standard InChI is InChI=1S/2C36H60N2O5/c1-23-16-24(17-27(28(23)39)31(2,3)4)18-36(13,29(40)42-25-19-32(5,6)37(14)33(7,8)20-25)30(41)43-26-21-34(9,10)38(15)35(11,12)22-26;1-22(2)36(17-24-15-23(3)28(39)27(16-24)31(4,5)6,29(40)42-25-18-32(7,8)37-33(9,10)19-25)30(41)43-26-20-34(11,12)38-35(13,14)21-26/h16-17,25-26,39H,18-22H2,1-15H3;15-16,22,25-26,37-39H,17-21H2,1-14H3. The Hall–Kier alpha value is -4.24. The Balaban J connectivity index is 0.000000314. The van der Waals surface area contributed by atoms with Crippen molar-refractivity contribution in [3.05, 3.63) is 57.6 Å². The van der Waals surface area contributed by atoms with E-state index in [9.17, 15) is 29.4 Å². The second-order valence-corrected chi connectivity index (χ2v) is 34.8. The number of phenols is 2. The van der Waals surface area contributed by atoms with Crippen LogP contribution in [-0.4, -0.2) is 127 Å². The van der Waals surface area contributed by atoms with Gasteiger partial charge in [-0.15, -0.1) is 0 Å². The van der Waals surface area contributed by atoms with Gasteiger partial charge in [0.2, 0.25) is 0 Å². The molecular weight excluding hydrogens is 1080 g/mol. The summed E-state index contributed by atoms with van der Waals surface area (Å²) in [6, 6.07) is 7.61. The molecule has 0 atom stereocenters. The van der Waals surface area contributed by atoms with E-state index in [1.807, 2.05) is 93.5 Å². The number of hydrogen-bond donors (Lipinski definition) is 4. The Kier molecular flexibility index (Phi) is 20.7. The highest BCUT2D eigenvalue weighted by molar-refractivity contribution is 6.01. The van der Waals surface area contributed by atoms with E-state index in [1.54, 1.807) is 6.92 Å². The number of rotatable bonds is 13. The quantitative estimate of drug-likeness (QED) is 0.0846. The first-order chi connectivity index (χ1) is 38.5. The van der Waals surface area contributed by atoms with Crippen molar-refractivity contribution in [2.45, 2.75) is 331 Å². The summed E-state index contributed by atoms with van der Waals surface area (Å²) >= 11 is 0. The van der Waals surface area contributed by atoms with Crippen LogP contribution in [0.5, 0.6) is 11.5 Å². The molecule has 0 bridgehead atoms. The molecule has 4 heterocycles. The summed E-state index contributed by atoms with van der Waals surface area (Å²) < 4.78 is 25.3. The fourth-order valence-electron chi connectivity index (χ4n) is 15.3. The van der Waals surface area contributed by atoms with Crippen LogP contribution >= 0.6 is 0 Å². The summed E-state index contributed by atoms with van der Waals surface area (Å²) in [6.07, 6.45) is 4.20. The highest BCUT2D eigenvalue weighted by atomic mass is 16.6. The van der Waals surface area contributed by atoms with Crippen molar-refractivity contribution in [2.75, 3.05) is 14.1 Å². The third-order valence-electron chi connectivity index (χ3n) is 19.9. The SMILES string of the molecule is Cc1cc(CC(C(=O)OC2CC(C)(C)NC(C)(C)C2)(C(=O)OC2CC(C)(C)NC(C)(C)C2)C(C)C)cc(C(C)(C)C)c1O.Cc1cc(CC(C)(C(=O)OC2CC(C)(C)N(C)C(C)(C)C2)C(=O)OC2CC(C)(C)N(C)C(C)(C)C2)cc(C(C)(C)C)c1O. The smallest absolute Gasteiger partial charge is 0.324 e. The van der Waals surface area contributed by atoms with E-state index >= 15 is 0 Å². The second-order valence-electron chi connectivity index (χ2n) is 34.8. The number of benzene rings is 2. The molecule has 4 aliphatic rings. The zero-order valence-corrected chi connectivity index (χ0v) is 59.3. The van der Waals surface area contributed by atoms with E-state index < -0.39 is 40.6 Å². The molecule has 14 heteroatoms. The second kappa shape index (κ2) is 24.5. The molecule has 2 aromatic rings. The largest absolute Gasteiger partial charge is 0.507 e. The number of aromatic hydroxyl groups is 2. The van der Waals surface area contributed by atoms with Crippen LogP contribution in [0.1, 0.15) is 258 Å². The molecule has 4 saturated heterocycles. The number of ether oxygens (including phenoxy) is 4. The zero-order chi connectivity index (χ0) is 66.1. The summed E-state index contributed by atoms with van der Waals surface area (Å²) in [5, 5.41) is 29.1. The third-order valence-corrected chi connectivity index (χ3v) is 19.9. The Bertz CT molecular complexity index is 2630. The van der Waals surface area contributed by atoms with E-state index in [1.165, 1.54) is 0 Å². The van der Waals surface area contributed by atoms with Gasteiger partial charge in [-0.3, -0.25) is 29.0 Å². The number of carbonyl (C=O) groups is 4. The first kappa shape index (κ1) is 72.5. The van der Waals surface area contributed by atoms with Crippen molar-refractivity contribution >= 4 is 23.9 Å². The van der Waals surface area contributed by atoms with Gasteiger partial charge in [0.05, 0.1) is 0 Å². The molecule has 86 heavy (non-hydrogen) atoms. The maximum Gasteiger partial charge on any atom is 0.324 e. The van der Waals surface area contributed by atoms with Gasteiger partial charge in [0, 0.05) is 95.7 Å². The lowest BCUT2D eigenvalue weighted by Crippen LogP contribution is -2.61. The molecule has 4 aliphatic heterocycles. The number of phenolic OH excluding ortho intramolecular Hbond substituents is 2. The van der Waals surface area contributed by atoms with Gasteiger partial charge in [0.1, 0.15) is 35.9 Å². The zero-order valence-electron chi connectivity index (χ0n) is 59.3. The van der Waals surface area contributed by atoms with Crippen LogP contribution in [0.15, 0.2) is 24.3 Å². The Morgan fingerprint density at radius 1 is 0.465 bits per heavy atom. The number of aryl methyl sites for hydroxylation is 2. The van der Waals surface area contributed by atoms with E-state index in [2.05, 4.69) is 145 Å². The molecular formula is C72H120N4O10. The maximum absolute atomic E-state index is 14.6. The number of likely N-dealkylation sites (tertiary alicyclic amines) is 2. The Morgan fingerprint density at radius 2 is 0.721 bits per heavy atom. The number of esters is 4. The molecule has 0 aromatic heterocycles. The fraction of sp³-hybridized carbons (Fsp3) is 0.778. The number of carbonyl (C=O) groups excluding carboxylic acids is 4. The van der Waals surface area contributed by atoms with Crippen molar-refractivity contribution in [1.82, 2.24) is 20.4 Å². The van der Waals surface area contributed by atoms with Gasteiger partial charge in [-0.2, -0.15) is 0 Å². The van der Waals surface area contributed by atoms with Gasteiger partial charge in [-0.25, -0.2) is 0 Å². The first-order valence-corrected chi connectivity index (χ1v) is 32.1. The van der Waals surface area contributed by atoms with Gasteiger partial charge >= 0.3 is 23.9 Å².